The molecule has 0 saturated heterocycles. The van der Waals surface area contributed by atoms with E-state index in [2.05, 4.69) is 10.3 Å². The van der Waals surface area contributed by atoms with Crippen LogP contribution in [0, 0.1) is 0 Å². The molecule has 1 amide bonds. The third-order valence-corrected chi connectivity index (χ3v) is 4.89. The van der Waals surface area contributed by atoms with E-state index < -0.39 is 11.9 Å². The highest BCUT2D eigenvalue weighted by Gasteiger charge is 2.20. The van der Waals surface area contributed by atoms with Crippen LogP contribution in [0.4, 0.5) is 0 Å². The number of aromatic nitrogens is 2. The largest absolute Gasteiger partial charge is 0.496 e. The number of carbonyl (C=O) groups is 2. The number of hydrogen-bond acceptors (Lipinski definition) is 7. The molecule has 0 saturated carbocycles. The van der Waals surface area contributed by atoms with Crippen LogP contribution in [0.1, 0.15) is 26.3 Å². The van der Waals surface area contributed by atoms with Gasteiger partial charge in [-0.25, -0.2) is 9.78 Å². The van der Waals surface area contributed by atoms with E-state index in [1.165, 1.54) is 36.7 Å². The van der Waals surface area contributed by atoms with Gasteiger partial charge in [0.1, 0.15) is 16.9 Å². The van der Waals surface area contributed by atoms with Crippen molar-refractivity contribution in [2.45, 2.75) is 18.2 Å². The highest BCUT2D eigenvalue weighted by atomic mass is 32.2. The fraction of sp³-hybridized carbons (Fsp3) is 0.294. The van der Waals surface area contributed by atoms with Gasteiger partial charge in [-0.2, -0.15) is 0 Å². The molecule has 0 aliphatic carbocycles. The van der Waals surface area contributed by atoms with Gasteiger partial charge in [0.2, 0.25) is 0 Å². The standard InChI is InChI=1S/C17H17N3O5S/c1-24-13-4-3-10(7-11(13)16(23)25-2)8-18-14(21)12-9-19-17-20(15(12)22)5-6-26-17/h3-4,7,9H,5-6,8H2,1-2H3,(H,18,21). The SMILES string of the molecule is COC(=O)c1cc(CNC(=O)c2cnc3n(c2=O)CCS3)ccc1OC. The topological polar surface area (TPSA) is 99.5 Å². The molecule has 2 heterocycles. The van der Waals surface area contributed by atoms with Crippen LogP contribution in [0.15, 0.2) is 34.3 Å². The number of methoxy groups -OCH3 is 2. The van der Waals surface area contributed by atoms with Crippen molar-refractivity contribution in [3.8, 4) is 5.75 Å². The lowest BCUT2D eigenvalue weighted by Crippen LogP contribution is -2.33. The molecular formula is C17H17N3O5S. The van der Waals surface area contributed by atoms with Crippen LogP contribution in [-0.4, -0.2) is 41.4 Å². The highest BCUT2D eigenvalue weighted by Crippen LogP contribution is 2.21. The van der Waals surface area contributed by atoms with E-state index in [0.29, 0.717) is 23.0 Å². The van der Waals surface area contributed by atoms with E-state index in [0.717, 1.165) is 5.75 Å². The molecule has 0 fully saturated rings. The molecule has 2 aromatic rings. The molecule has 1 aromatic heterocycles. The molecule has 0 atom stereocenters. The maximum Gasteiger partial charge on any atom is 0.341 e. The Kier molecular flexibility index (Phi) is 5.27. The molecule has 3 rings (SSSR count). The summed E-state index contributed by atoms with van der Waals surface area (Å²) in [7, 11) is 2.73. The molecule has 26 heavy (non-hydrogen) atoms. The van der Waals surface area contributed by atoms with Crippen LogP contribution >= 0.6 is 11.8 Å². The van der Waals surface area contributed by atoms with Crippen LogP contribution < -0.4 is 15.6 Å². The first-order valence-electron chi connectivity index (χ1n) is 7.81. The van der Waals surface area contributed by atoms with Crippen molar-refractivity contribution in [3.05, 3.63) is 51.4 Å². The van der Waals surface area contributed by atoms with E-state index in [1.54, 1.807) is 18.2 Å². The number of nitrogens with zero attached hydrogens (tertiary/aromatic N) is 2. The third kappa shape index (κ3) is 3.43. The molecular weight excluding hydrogens is 358 g/mol. The summed E-state index contributed by atoms with van der Waals surface area (Å²) in [6.45, 7) is 0.691. The first-order valence-corrected chi connectivity index (χ1v) is 8.79. The predicted molar refractivity (Wildman–Crippen MR) is 94.7 cm³/mol. The van der Waals surface area contributed by atoms with Crippen molar-refractivity contribution in [2.24, 2.45) is 0 Å². The lowest BCUT2D eigenvalue weighted by atomic mass is 10.1. The second-order valence-corrected chi connectivity index (χ2v) is 6.53. The summed E-state index contributed by atoms with van der Waals surface area (Å²) in [5.74, 6) is 0.111. The van der Waals surface area contributed by atoms with Crippen molar-refractivity contribution < 1.29 is 19.1 Å². The fourth-order valence-electron chi connectivity index (χ4n) is 2.59. The Labute approximate surface area is 153 Å². The number of hydrogen-bond donors (Lipinski definition) is 1. The van der Waals surface area contributed by atoms with E-state index >= 15 is 0 Å². The van der Waals surface area contributed by atoms with Gasteiger partial charge in [-0.05, 0) is 17.7 Å². The fourth-order valence-corrected chi connectivity index (χ4v) is 3.50. The second kappa shape index (κ2) is 7.61. The van der Waals surface area contributed by atoms with Crippen LogP contribution in [0.3, 0.4) is 0 Å². The van der Waals surface area contributed by atoms with Crippen molar-refractivity contribution in [2.75, 3.05) is 20.0 Å². The predicted octanol–water partition coefficient (Wildman–Crippen LogP) is 1.07. The molecule has 0 radical (unpaired) electrons. The lowest BCUT2D eigenvalue weighted by Gasteiger charge is -2.10. The number of rotatable bonds is 5. The smallest absolute Gasteiger partial charge is 0.341 e. The Morgan fingerprint density at radius 2 is 2.12 bits per heavy atom. The van der Waals surface area contributed by atoms with Gasteiger partial charge >= 0.3 is 5.97 Å². The molecule has 0 bridgehead atoms. The molecule has 8 nitrogen and oxygen atoms in total. The molecule has 1 aliphatic rings. The van der Waals surface area contributed by atoms with E-state index in [9.17, 15) is 14.4 Å². The lowest BCUT2D eigenvalue weighted by molar-refractivity contribution is 0.0597. The normalized spacial score (nSPS) is 12.4. The summed E-state index contributed by atoms with van der Waals surface area (Å²) in [5, 5.41) is 3.31. The van der Waals surface area contributed by atoms with Gasteiger partial charge in [-0.1, -0.05) is 17.8 Å². The summed E-state index contributed by atoms with van der Waals surface area (Å²) in [6.07, 6.45) is 1.30. The number of benzene rings is 1. The number of carbonyl (C=O) groups excluding carboxylic acids is 2. The zero-order valence-electron chi connectivity index (χ0n) is 14.3. The van der Waals surface area contributed by atoms with Crippen LogP contribution in [0.5, 0.6) is 5.75 Å². The number of nitrogens with one attached hydrogen (secondary N) is 1. The van der Waals surface area contributed by atoms with Crippen molar-refractivity contribution in [1.29, 1.82) is 0 Å². The Balaban J connectivity index is 1.76. The molecule has 1 aliphatic heterocycles. The summed E-state index contributed by atoms with van der Waals surface area (Å²) in [4.78, 5) is 40.7. The summed E-state index contributed by atoms with van der Waals surface area (Å²) in [5.41, 5.74) is 0.586. The van der Waals surface area contributed by atoms with Crippen LogP contribution in [-0.2, 0) is 17.8 Å². The van der Waals surface area contributed by atoms with Gasteiger partial charge in [-0.15, -0.1) is 0 Å². The van der Waals surface area contributed by atoms with Crippen LogP contribution in [0.2, 0.25) is 0 Å². The van der Waals surface area contributed by atoms with Gasteiger partial charge in [0.05, 0.1) is 14.2 Å². The minimum Gasteiger partial charge on any atom is -0.496 e. The minimum absolute atomic E-state index is 0.00190. The molecule has 1 aromatic carbocycles. The number of amides is 1. The third-order valence-electron chi connectivity index (χ3n) is 3.92. The van der Waals surface area contributed by atoms with Gasteiger partial charge in [-0.3, -0.25) is 14.2 Å². The molecule has 136 valence electrons. The monoisotopic (exact) mass is 375 g/mol. The van der Waals surface area contributed by atoms with Gasteiger partial charge in [0, 0.05) is 25.0 Å². The zero-order valence-corrected chi connectivity index (χ0v) is 15.1. The molecule has 0 spiro atoms. The molecule has 9 heteroatoms. The minimum atomic E-state index is -0.534. The number of thioether (sulfide) groups is 1. The first-order chi connectivity index (χ1) is 12.5. The highest BCUT2D eigenvalue weighted by molar-refractivity contribution is 7.99. The van der Waals surface area contributed by atoms with Crippen molar-refractivity contribution >= 4 is 23.6 Å². The Morgan fingerprint density at radius 1 is 1.31 bits per heavy atom. The summed E-state index contributed by atoms with van der Waals surface area (Å²) < 4.78 is 11.4. The Hall–Kier alpha value is -2.81. The van der Waals surface area contributed by atoms with E-state index in [4.69, 9.17) is 9.47 Å². The number of fused-ring (bicyclic) bond motifs is 1. The average molecular weight is 375 g/mol. The van der Waals surface area contributed by atoms with Gasteiger partial charge in [0.25, 0.3) is 11.5 Å². The quantitative estimate of drug-likeness (QED) is 0.616. The van der Waals surface area contributed by atoms with Crippen molar-refractivity contribution in [1.82, 2.24) is 14.9 Å². The maximum absolute atomic E-state index is 12.4. The van der Waals surface area contributed by atoms with E-state index in [-0.39, 0.29) is 23.2 Å². The number of esters is 1. The van der Waals surface area contributed by atoms with Crippen molar-refractivity contribution in [3.63, 3.8) is 0 Å². The zero-order chi connectivity index (χ0) is 18.7. The van der Waals surface area contributed by atoms with E-state index in [1.807, 2.05) is 0 Å². The molecule has 1 N–H and O–H groups in total. The van der Waals surface area contributed by atoms with Crippen LogP contribution in [0.25, 0.3) is 0 Å². The first kappa shape index (κ1) is 18.0. The number of ether oxygens (including phenoxy) is 2. The van der Waals surface area contributed by atoms with Gasteiger partial charge < -0.3 is 14.8 Å². The van der Waals surface area contributed by atoms with Gasteiger partial charge in [0.15, 0.2) is 5.16 Å². The molecule has 0 unspecified atom stereocenters. The summed E-state index contributed by atoms with van der Waals surface area (Å²) in [6, 6.07) is 4.92. The summed E-state index contributed by atoms with van der Waals surface area (Å²) >= 11 is 1.49. The Morgan fingerprint density at radius 3 is 2.85 bits per heavy atom. The second-order valence-electron chi connectivity index (χ2n) is 5.47. The maximum atomic E-state index is 12.4. The Bertz CT molecular complexity index is 925. The average Bonchev–Trinajstić information content (AvgIpc) is 3.15.